The van der Waals surface area contributed by atoms with E-state index in [0.29, 0.717) is 6.10 Å². The van der Waals surface area contributed by atoms with E-state index in [9.17, 15) is 0 Å². The number of hydrogen-bond acceptors (Lipinski definition) is 3. The minimum absolute atomic E-state index is 0.309. The van der Waals surface area contributed by atoms with Crippen LogP contribution in [0.2, 0.25) is 5.02 Å². The molecule has 0 saturated carbocycles. The molecule has 0 spiro atoms. The van der Waals surface area contributed by atoms with Gasteiger partial charge in [0.2, 0.25) is 0 Å². The van der Waals surface area contributed by atoms with Crippen LogP contribution in [0.1, 0.15) is 12.8 Å². The number of benzene rings is 1. The van der Waals surface area contributed by atoms with Gasteiger partial charge in [-0.1, -0.05) is 11.6 Å². The van der Waals surface area contributed by atoms with E-state index in [-0.39, 0.29) is 0 Å². The maximum absolute atomic E-state index is 6.19. The van der Waals surface area contributed by atoms with Crippen LogP contribution in [0.4, 0.5) is 0 Å². The number of nitrogens with zero attached hydrogens (tertiary/aromatic N) is 2. The van der Waals surface area contributed by atoms with Gasteiger partial charge in [-0.2, -0.15) is 0 Å². The van der Waals surface area contributed by atoms with Crippen molar-refractivity contribution in [3.05, 3.63) is 35.5 Å². The van der Waals surface area contributed by atoms with Gasteiger partial charge in [0.25, 0.3) is 0 Å². The molecule has 100 valence electrons. The van der Waals surface area contributed by atoms with Crippen molar-refractivity contribution in [2.24, 2.45) is 0 Å². The van der Waals surface area contributed by atoms with Gasteiger partial charge >= 0.3 is 0 Å². The Morgan fingerprint density at radius 3 is 2.84 bits per heavy atom. The first-order valence-electron chi connectivity index (χ1n) is 6.62. The van der Waals surface area contributed by atoms with Gasteiger partial charge in [0, 0.05) is 24.7 Å². The van der Waals surface area contributed by atoms with Crippen molar-refractivity contribution in [3.63, 3.8) is 0 Å². The molecule has 3 rings (SSSR count). The van der Waals surface area contributed by atoms with Crippen molar-refractivity contribution in [2.45, 2.75) is 18.9 Å². The summed E-state index contributed by atoms with van der Waals surface area (Å²) < 4.78 is 6.05. The smallest absolute Gasteiger partial charge is 0.120 e. The molecule has 0 amide bonds. The molecule has 1 aromatic heterocycles. The number of ether oxygens (including phenoxy) is 1. The molecule has 3 nitrogen and oxygen atoms in total. The number of halogens is 1. The number of aromatic nitrogens is 1. The molecule has 0 atom stereocenters. The first-order chi connectivity index (χ1) is 9.22. The summed E-state index contributed by atoms with van der Waals surface area (Å²) in [7, 11) is 2.15. The normalized spacial score (nSPS) is 17.8. The predicted octanol–water partition coefficient (Wildman–Crippen LogP) is 3.36. The van der Waals surface area contributed by atoms with E-state index in [1.54, 1.807) is 6.20 Å². The molecule has 0 unspecified atom stereocenters. The molecule has 4 heteroatoms. The lowest BCUT2D eigenvalue weighted by atomic mass is 10.1. The van der Waals surface area contributed by atoms with E-state index in [1.165, 1.54) is 0 Å². The second-order valence-corrected chi connectivity index (χ2v) is 5.50. The van der Waals surface area contributed by atoms with Crippen LogP contribution in [0.15, 0.2) is 30.5 Å². The fourth-order valence-electron chi connectivity index (χ4n) is 2.46. The molecule has 1 saturated heterocycles. The van der Waals surface area contributed by atoms with Gasteiger partial charge in [-0.05, 0) is 44.2 Å². The Bertz CT molecular complexity index is 579. The summed E-state index contributed by atoms with van der Waals surface area (Å²) >= 11 is 6.19. The third kappa shape index (κ3) is 2.82. The maximum atomic E-state index is 6.19. The van der Waals surface area contributed by atoms with Crippen molar-refractivity contribution < 1.29 is 4.74 Å². The molecule has 1 fully saturated rings. The summed E-state index contributed by atoms with van der Waals surface area (Å²) in [6.07, 6.45) is 4.19. The molecule has 0 N–H and O–H groups in total. The van der Waals surface area contributed by atoms with E-state index < -0.39 is 0 Å². The van der Waals surface area contributed by atoms with E-state index in [0.717, 1.165) is 47.6 Å². The largest absolute Gasteiger partial charge is 0.490 e. The Hall–Kier alpha value is -1.32. The number of hydrogen-bond donors (Lipinski definition) is 0. The molecule has 0 radical (unpaired) electrons. The summed E-state index contributed by atoms with van der Waals surface area (Å²) in [6, 6.07) is 7.74. The van der Waals surface area contributed by atoms with Crippen molar-refractivity contribution in [2.75, 3.05) is 20.1 Å². The first kappa shape index (κ1) is 12.7. The molecular formula is C15H17ClN2O. The van der Waals surface area contributed by atoms with Crippen molar-refractivity contribution in [1.29, 1.82) is 0 Å². The minimum atomic E-state index is 0.309. The number of piperidine rings is 1. The van der Waals surface area contributed by atoms with Crippen molar-refractivity contribution in [3.8, 4) is 5.75 Å². The number of fused-ring (bicyclic) bond motifs is 1. The van der Waals surface area contributed by atoms with Crippen LogP contribution in [0.25, 0.3) is 10.9 Å². The van der Waals surface area contributed by atoms with Crippen molar-refractivity contribution in [1.82, 2.24) is 9.88 Å². The molecule has 0 bridgehead atoms. The fraction of sp³-hybridized carbons (Fsp3) is 0.400. The van der Waals surface area contributed by atoms with Gasteiger partial charge in [0.1, 0.15) is 11.9 Å². The Morgan fingerprint density at radius 1 is 1.26 bits per heavy atom. The SMILES string of the molecule is CN1CCC(Oc2ccc3nccc(Cl)c3c2)CC1. The highest BCUT2D eigenvalue weighted by molar-refractivity contribution is 6.35. The van der Waals surface area contributed by atoms with Gasteiger partial charge < -0.3 is 9.64 Å². The van der Waals surface area contributed by atoms with Crippen LogP contribution in [0, 0.1) is 0 Å². The van der Waals surface area contributed by atoms with Crippen molar-refractivity contribution >= 4 is 22.5 Å². The Balaban J connectivity index is 1.80. The van der Waals surface area contributed by atoms with Crippen LogP contribution < -0.4 is 4.74 Å². The molecule has 1 aliphatic rings. The molecular weight excluding hydrogens is 260 g/mol. The van der Waals surface area contributed by atoms with E-state index in [1.807, 2.05) is 24.3 Å². The Morgan fingerprint density at radius 2 is 2.05 bits per heavy atom. The quantitative estimate of drug-likeness (QED) is 0.841. The summed E-state index contributed by atoms with van der Waals surface area (Å²) in [5.41, 5.74) is 0.906. The monoisotopic (exact) mass is 276 g/mol. The first-order valence-corrected chi connectivity index (χ1v) is 6.99. The van der Waals surface area contributed by atoms with Gasteiger partial charge in [-0.25, -0.2) is 0 Å². The van der Waals surface area contributed by atoms with E-state index in [2.05, 4.69) is 16.9 Å². The third-order valence-electron chi connectivity index (χ3n) is 3.63. The van der Waals surface area contributed by atoms with Gasteiger partial charge in [-0.3, -0.25) is 4.98 Å². The second kappa shape index (κ2) is 5.35. The average Bonchev–Trinajstić information content (AvgIpc) is 2.42. The number of likely N-dealkylation sites (tertiary alicyclic amines) is 1. The van der Waals surface area contributed by atoms with Gasteiger partial charge in [0.05, 0.1) is 10.5 Å². The summed E-state index contributed by atoms with van der Waals surface area (Å²) in [4.78, 5) is 6.63. The highest BCUT2D eigenvalue weighted by atomic mass is 35.5. The lowest BCUT2D eigenvalue weighted by Gasteiger charge is -2.29. The van der Waals surface area contributed by atoms with Crippen LogP contribution in [-0.4, -0.2) is 36.1 Å². The predicted molar refractivity (Wildman–Crippen MR) is 77.9 cm³/mol. The summed E-state index contributed by atoms with van der Waals surface area (Å²) in [5, 5.41) is 1.67. The zero-order chi connectivity index (χ0) is 13.2. The highest BCUT2D eigenvalue weighted by Gasteiger charge is 2.18. The molecule has 2 heterocycles. The topological polar surface area (TPSA) is 25.4 Å². The zero-order valence-electron chi connectivity index (χ0n) is 11.0. The van der Waals surface area contributed by atoms with Gasteiger partial charge in [0.15, 0.2) is 0 Å². The molecule has 0 aliphatic carbocycles. The number of pyridine rings is 1. The van der Waals surface area contributed by atoms with E-state index >= 15 is 0 Å². The molecule has 2 aromatic rings. The maximum Gasteiger partial charge on any atom is 0.120 e. The molecule has 19 heavy (non-hydrogen) atoms. The Labute approximate surface area is 118 Å². The van der Waals surface area contributed by atoms with Crippen LogP contribution in [-0.2, 0) is 0 Å². The lowest BCUT2D eigenvalue weighted by Crippen LogP contribution is -2.35. The number of rotatable bonds is 2. The second-order valence-electron chi connectivity index (χ2n) is 5.09. The third-order valence-corrected chi connectivity index (χ3v) is 3.96. The zero-order valence-corrected chi connectivity index (χ0v) is 11.7. The minimum Gasteiger partial charge on any atom is -0.490 e. The standard InChI is InChI=1S/C15H17ClN2O/c1-18-8-5-11(6-9-18)19-12-2-3-15-13(10-12)14(16)4-7-17-15/h2-4,7,10-11H,5-6,8-9H2,1H3. The fourth-order valence-corrected chi connectivity index (χ4v) is 2.67. The summed E-state index contributed by atoms with van der Waals surface area (Å²) in [6.45, 7) is 2.20. The molecule has 1 aliphatic heterocycles. The van der Waals surface area contributed by atoms with Crippen LogP contribution in [0.5, 0.6) is 5.75 Å². The van der Waals surface area contributed by atoms with Gasteiger partial charge in [-0.15, -0.1) is 0 Å². The Kier molecular flexibility index (Phi) is 3.58. The molecule has 1 aromatic carbocycles. The van der Waals surface area contributed by atoms with E-state index in [4.69, 9.17) is 16.3 Å². The average molecular weight is 277 g/mol. The van der Waals surface area contributed by atoms with Crippen LogP contribution in [0.3, 0.4) is 0 Å². The van der Waals surface area contributed by atoms with Crippen LogP contribution >= 0.6 is 11.6 Å². The highest BCUT2D eigenvalue weighted by Crippen LogP contribution is 2.27. The lowest BCUT2D eigenvalue weighted by molar-refractivity contribution is 0.114. The summed E-state index contributed by atoms with van der Waals surface area (Å²) in [5.74, 6) is 0.886.